The summed E-state index contributed by atoms with van der Waals surface area (Å²) in [5, 5.41) is 22.1. The van der Waals surface area contributed by atoms with E-state index in [0.29, 0.717) is 21.8 Å². The van der Waals surface area contributed by atoms with Crippen molar-refractivity contribution in [3.8, 4) is 6.01 Å². The Bertz CT molecular complexity index is 1990. The molecule has 1 fully saturated rings. The second-order valence-electron chi connectivity index (χ2n) is 13.4. The Hall–Kier alpha value is -5.97. The number of carbonyl (C=O) groups is 3. The first-order valence-electron chi connectivity index (χ1n) is 16.6. The van der Waals surface area contributed by atoms with E-state index in [1.807, 2.05) is 12.1 Å². The van der Waals surface area contributed by atoms with Gasteiger partial charge in [0, 0.05) is 41.5 Å². The van der Waals surface area contributed by atoms with Gasteiger partial charge < -0.3 is 37.1 Å². The van der Waals surface area contributed by atoms with Crippen LogP contribution in [0.1, 0.15) is 53.7 Å². The number of benzene rings is 3. The number of nitrogen functional groups attached to an aromatic ring is 1. The van der Waals surface area contributed by atoms with E-state index < -0.39 is 47.5 Å². The number of anilines is 3. The molecule has 0 saturated heterocycles. The van der Waals surface area contributed by atoms with E-state index in [1.54, 1.807) is 62.4 Å². The molecule has 0 unspecified atom stereocenters. The quantitative estimate of drug-likeness (QED) is 0.0500. The zero-order chi connectivity index (χ0) is 39.1. The number of nitrogens with two attached hydrogens (primary N) is 1. The molecule has 18 heteroatoms. The minimum Gasteiger partial charge on any atom is -0.454 e. The van der Waals surface area contributed by atoms with Crippen LogP contribution in [0.2, 0.25) is 5.02 Å². The zero-order valence-electron chi connectivity index (χ0n) is 29.2. The van der Waals surface area contributed by atoms with Crippen molar-refractivity contribution in [2.75, 3.05) is 30.3 Å². The number of nitrogens with one attached hydrogen (secondary N) is 6. The van der Waals surface area contributed by atoms with Gasteiger partial charge in [0.05, 0.1) is 5.54 Å². The number of amides is 3. The molecule has 0 spiro atoms. The maximum absolute atomic E-state index is 12.9. The van der Waals surface area contributed by atoms with Crippen molar-refractivity contribution in [2.45, 2.75) is 44.9 Å². The Morgan fingerprint density at radius 3 is 2.04 bits per heavy atom. The summed E-state index contributed by atoms with van der Waals surface area (Å²) in [6.45, 7) is 2.37. The lowest BCUT2D eigenvalue weighted by Gasteiger charge is -2.25. The summed E-state index contributed by atoms with van der Waals surface area (Å²) in [5.74, 6) is -2.21. The standard InChI is InChI=1S/C36H38ClF3N10O4/c1-34(2,19-45-30(53)29(52)43-17-21-3-5-22(6-4-21)27(41)42)18-44-28(51)23-7-13-26(14-8-23)46-31-47-32(49-33(48-31)54-20-36(38,39)40)50-35(15-16-35)24-9-11-25(37)12-10-24/h3-14H,15-20H2,1-2H3,(H3,41,42)(H,43,52)(H,44,51)(H,45,53)(H2,46,47,48,49,50). The maximum Gasteiger partial charge on any atom is 0.422 e. The third-order valence-electron chi connectivity index (χ3n) is 8.26. The van der Waals surface area contributed by atoms with Crippen molar-refractivity contribution in [2.24, 2.45) is 11.1 Å². The van der Waals surface area contributed by atoms with E-state index >= 15 is 0 Å². The van der Waals surface area contributed by atoms with Crippen LogP contribution < -0.4 is 37.1 Å². The van der Waals surface area contributed by atoms with Gasteiger partial charge in [-0.3, -0.25) is 19.8 Å². The molecule has 54 heavy (non-hydrogen) atoms. The Balaban J connectivity index is 1.14. The van der Waals surface area contributed by atoms with E-state index in [-0.39, 0.29) is 37.4 Å². The predicted octanol–water partition coefficient (Wildman–Crippen LogP) is 4.78. The molecule has 5 rings (SSSR count). The summed E-state index contributed by atoms with van der Waals surface area (Å²) in [7, 11) is 0. The predicted molar refractivity (Wildman–Crippen MR) is 196 cm³/mol. The van der Waals surface area contributed by atoms with Crippen LogP contribution >= 0.6 is 11.6 Å². The Labute approximate surface area is 313 Å². The summed E-state index contributed by atoms with van der Waals surface area (Å²) in [6, 6.07) is 19.5. The highest BCUT2D eigenvalue weighted by Crippen LogP contribution is 2.48. The second-order valence-corrected chi connectivity index (χ2v) is 13.8. The molecule has 0 atom stereocenters. The number of hydrogen-bond donors (Lipinski definition) is 7. The number of alkyl halides is 3. The van der Waals surface area contributed by atoms with Crippen LogP contribution in [-0.4, -0.2) is 64.4 Å². The summed E-state index contributed by atoms with van der Waals surface area (Å²) in [5.41, 5.74) is 7.21. The van der Waals surface area contributed by atoms with Gasteiger partial charge in [-0.2, -0.15) is 28.1 Å². The average molecular weight is 767 g/mol. The van der Waals surface area contributed by atoms with Gasteiger partial charge in [-0.1, -0.05) is 61.8 Å². The van der Waals surface area contributed by atoms with E-state index in [1.165, 1.54) is 12.1 Å². The van der Waals surface area contributed by atoms with E-state index in [2.05, 4.69) is 41.5 Å². The van der Waals surface area contributed by atoms with Crippen LogP contribution in [0, 0.1) is 10.8 Å². The van der Waals surface area contributed by atoms with E-state index in [4.69, 9.17) is 27.5 Å². The normalized spacial score (nSPS) is 13.3. The zero-order valence-corrected chi connectivity index (χ0v) is 30.0. The van der Waals surface area contributed by atoms with Crippen LogP contribution in [0.5, 0.6) is 6.01 Å². The lowest BCUT2D eigenvalue weighted by molar-refractivity contribution is -0.154. The third-order valence-corrected chi connectivity index (χ3v) is 8.51. The van der Waals surface area contributed by atoms with Crippen molar-refractivity contribution >= 4 is 52.7 Å². The molecule has 1 saturated carbocycles. The van der Waals surface area contributed by atoms with Gasteiger partial charge in [0.25, 0.3) is 5.91 Å². The summed E-state index contributed by atoms with van der Waals surface area (Å²) in [4.78, 5) is 50.0. The summed E-state index contributed by atoms with van der Waals surface area (Å²) < 4.78 is 43.7. The van der Waals surface area contributed by atoms with Crippen molar-refractivity contribution in [3.63, 3.8) is 0 Å². The van der Waals surface area contributed by atoms with Gasteiger partial charge in [0.1, 0.15) is 5.84 Å². The minimum atomic E-state index is -4.61. The lowest BCUT2D eigenvalue weighted by Crippen LogP contribution is -2.46. The average Bonchev–Trinajstić information content (AvgIpc) is 3.91. The Morgan fingerprint density at radius 1 is 0.833 bits per heavy atom. The number of aromatic nitrogens is 3. The number of rotatable bonds is 15. The van der Waals surface area contributed by atoms with Gasteiger partial charge in [-0.25, -0.2) is 0 Å². The second kappa shape index (κ2) is 16.4. The molecular formula is C36H38ClF3N10O4. The molecular weight excluding hydrogens is 729 g/mol. The van der Waals surface area contributed by atoms with Crippen molar-refractivity contribution in [1.29, 1.82) is 5.41 Å². The fourth-order valence-electron chi connectivity index (χ4n) is 5.06. The minimum absolute atomic E-state index is 0.00450. The lowest BCUT2D eigenvalue weighted by atomic mass is 9.93. The number of amidine groups is 1. The summed E-state index contributed by atoms with van der Waals surface area (Å²) in [6.07, 6.45) is -3.15. The maximum atomic E-state index is 12.9. The molecule has 0 aliphatic heterocycles. The molecule has 14 nitrogen and oxygen atoms in total. The Morgan fingerprint density at radius 2 is 1.43 bits per heavy atom. The molecule has 0 radical (unpaired) electrons. The first kappa shape index (κ1) is 39.2. The molecule has 3 aromatic carbocycles. The van der Waals surface area contributed by atoms with Gasteiger partial charge in [0.2, 0.25) is 11.9 Å². The molecule has 1 heterocycles. The molecule has 0 bridgehead atoms. The van der Waals surface area contributed by atoms with Gasteiger partial charge >= 0.3 is 24.0 Å². The van der Waals surface area contributed by atoms with Gasteiger partial charge in [0.15, 0.2) is 6.61 Å². The van der Waals surface area contributed by atoms with E-state index in [9.17, 15) is 27.6 Å². The molecule has 3 amide bonds. The smallest absolute Gasteiger partial charge is 0.422 e. The monoisotopic (exact) mass is 766 g/mol. The molecule has 1 aliphatic carbocycles. The van der Waals surface area contributed by atoms with Crippen LogP contribution in [-0.2, 0) is 21.7 Å². The molecule has 4 aromatic rings. The number of hydrogen-bond acceptors (Lipinski definition) is 10. The fourth-order valence-corrected chi connectivity index (χ4v) is 5.18. The van der Waals surface area contributed by atoms with Crippen LogP contribution in [0.15, 0.2) is 72.8 Å². The van der Waals surface area contributed by atoms with Crippen LogP contribution in [0.25, 0.3) is 0 Å². The number of nitrogens with zero attached hydrogens (tertiary/aromatic N) is 3. The topological polar surface area (TPSA) is 209 Å². The molecule has 8 N–H and O–H groups in total. The first-order valence-corrected chi connectivity index (χ1v) is 17.0. The number of ether oxygens (including phenoxy) is 1. The highest BCUT2D eigenvalue weighted by molar-refractivity contribution is 6.35. The molecule has 1 aliphatic rings. The highest BCUT2D eigenvalue weighted by atomic mass is 35.5. The third kappa shape index (κ3) is 11.3. The van der Waals surface area contributed by atoms with Crippen molar-refractivity contribution < 1.29 is 32.3 Å². The van der Waals surface area contributed by atoms with Gasteiger partial charge in [-0.15, -0.1) is 0 Å². The summed E-state index contributed by atoms with van der Waals surface area (Å²) >= 11 is 6.03. The largest absolute Gasteiger partial charge is 0.454 e. The van der Waals surface area contributed by atoms with Crippen LogP contribution in [0.4, 0.5) is 30.8 Å². The number of carbonyl (C=O) groups excluding carboxylic acids is 3. The highest BCUT2D eigenvalue weighted by Gasteiger charge is 2.45. The van der Waals surface area contributed by atoms with E-state index in [0.717, 1.165) is 24.0 Å². The van der Waals surface area contributed by atoms with Crippen molar-refractivity contribution in [1.82, 2.24) is 30.9 Å². The Kier molecular flexibility index (Phi) is 11.9. The SMILES string of the molecule is CC(C)(CNC(=O)C(=O)NCc1ccc(C(=N)N)cc1)CNC(=O)c1ccc(Nc2nc(NC3(c4ccc(Cl)cc4)CC3)nc(OCC(F)(F)F)n2)cc1. The first-order chi connectivity index (χ1) is 25.5. The molecule has 284 valence electrons. The van der Waals surface area contributed by atoms with Crippen LogP contribution in [0.3, 0.4) is 0 Å². The number of halogens is 4. The molecule has 1 aromatic heterocycles. The fraction of sp³-hybridized carbons (Fsp3) is 0.306. The van der Waals surface area contributed by atoms with Crippen molar-refractivity contribution in [3.05, 3.63) is 100 Å². The van der Waals surface area contributed by atoms with Gasteiger partial charge in [-0.05, 0) is 65.8 Å².